The van der Waals surface area contributed by atoms with E-state index in [0.29, 0.717) is 35.9 Å². The molecule has 3 heterocycles. The van der Waals surface area contributed by atoms with Gasteiger partial charge in [-0.3, -0.25) is 4.79 Å². The third-order valence-corrected chi connectivity index (χ3v) is 5.99. The fraction of sp³-hybridized carbons (Fsp3) is 0.261. The maximum absolute atomic E-state index is 14.8. The number of fused-ring (bicyclic) bond motifs is 3. The number of carboxylic acid groups (broad SMARTS) is 1. The van der Waals surface area contributed by atoms with Gasteiger partial charge in [0.15, 0.2) is 0 Å². The summed E-state index contributed by atoms with van der Waals surface area (Å²) in [7, 11) is 0. The van der Waals surface area contributed by atoms with E-state index in [1.54, 1.807) is 30.5 Å². The Morgan fingerprint density at radius 1 is 1.16 bits per heavy atom. The number of carbonyl (C=O) groups is 1. The largest absolute Gasteiger partial charge is 0.481 e. The average molecular weight is 422 g/mol. The minimum Gasteiger partial charge on any atom is -0.481 e. The van der Waals surface area contributed by atoms with Crippen LogP contribution in [0.1, 0.15) is 35.0 Å². The van der Waals surface area contributed by atoms with Gasteiger partial charge in [0.2, 0.25) is 0 Å². The molecule has 8 heteroatoms. The molecule has 1 N–H and O–H groups in total. The fourth-order valence-corrected chi connectivity index (χ4v) is 4.64. The molecule has 0 radical (unpaired) electrons. The first-order chi connectivity index (χ1) is 15.0. The molecule has 4 aromatic rings. The number of benzene rings is 2. The predicted octanol–water partition coefficient (Wildman–Crippen LogP) is 3.92. The van der Waals surface area contributed by atoms with Gasteiger partial charge in [0.05, 0.1) is 29.9 Å². The SMILES string of the molecule is O=C(O)Cc1c2n(c3c(F)cccc13)C[C@H](n1nncc1Cc1ccc(F)cc1)CC2. The van der Waals surface area contributed by atoms with Crippen LogP contribution < -0.4 is 0 Å². The number of hydrogen-bond acceptors (Lipinski definition) is 3. The maximum atomic E-state index is 14.8. The number of rotatable bonds is 5. The number of aliphatic carboxylic acids is 1. The number of nitrogens with zero attached hydrogens (tertiary/aromatic N) is 4. The molecule has 6 nitrogen and oxygen atoms in total. The third kappa shape index (κ3) is 3.48. The Balaban J connectivity index is 1.51. The monoisotopic (exact) mass is 422 g/mol. The van der Waals surface area contributed by atoms with E-state index in [2.05, 4.69) is 10.3 Å². The Kier molecular flexibility index (Phi) is 4.77. The molecule has 31 heavy (non-hydrogen) atoms. The molecule has 0 fully saturated rings. The van der Waals surface area contributed by atoms with Crippen LogP contribution in [-0.4, -0.2) is 30.6 Å². The van der Waals surface area contributed by atoms with Crippen LogP contribution in [0.5, 0.6) is 0 Å². The van der Waals surface area contributed by atoms with Crippen molar-refractivity contribution in [3.05, 3.63) is 82.8 Å². The summed E-state index contributed by atoms with van der Waals surface area (Å²) >= 11 is 0. The van der Waals surface area contributed by atoms with Gasteiger partial charge in [-0.2, -0.15) is 0 Å². The fourth-order valence-electron chi connectivity index (χ4n) is 4.64. The lowest BCUT2D eigenvalue weighted by molar-refractivity contribution is -0.136. The highest BCUT2D eigenvalue weighted by molar-refractivity contribution is 5.89. The summed E-state index contributed by atoms with van der Waals surface area (Å²) in [6.07, 6.45) is 3.48. The van der Waals surface area contributed by atoms with Gasteiger partial charge in [-0.1, -0.05) is 29.5 Å². The molecule has 2 aromatic heterocycles. The Morgan fingerprint density at radius 3 is 2.74 bits per heavy atom. The molecule has 0 aliphatic carbocycles. The molecule has 1 aliphatic rings. The Labute approximate surface area is 176 Å². The smallest absolute Gasteiger partial charge is 0.307 e. The van der Waals surface area contributed by atoms with Crippen molar-refractivity contribution in [3.8, 4) is 0 Å². The first kappa shape index (κ1) is 19.4. The van der Waals surface area contributed by atoms with Crippen LogP contribution in [-0.2, 0) is 30.6 Å². The molecule has 158 valence electrons. The van der Waals surface area contributed by atoms with Crippen LogP contribution >= 0.6 is 0 Å². The molecule has 2 aromatic carbocycles. The lowest BCUT2D eigenvalue weighted by atomic mass is 10.00. The van der Waals surface area contributed by atoms with E-state index in [-0.39, 0.29) is 24.1 Å². The van der Waals surface area contributed by atoms with E-state index in [9.17, 15) is 18.7 Å². The van der Waals surface area contributed by atoms with Crippen molar-refractivity contribution in [1.29, 1.82) is 0 Å². The second-order valence-electron chi connectivity index (χ2n) is 7.91. The number of hydrogen-bond donors (Lipinski definition) is 1. The van der Waals surface area contributed by atoms with Gasteiger partial charge < -0.3 is 9.67 Å². The predicted molar refractivity (Wildman–Crippen MR) is 110 cm³/mol. The molecule has 0 saturated carbocycles. The van der Waals surface area contributed by atoms with Crippen molar-refractivity contribution >= 4 is 16.9 Å². The van der Waals surface area contributed by atoms with Gasteiger partial charge in [-0.25, -0.2) is 13.5 Å². The zero-order valence-corrected chi connectivity index (χ0v) is 16.6. The van der Waals surface area contributed by atoms with Crippen molar-refractivity contribution < 1.29 is 18.7 Å². The number of halogens is 2. The van der Waals surface area contributed by atoms with Gasteiger partial charge in [0.25, 0.3) is 0 Å². The van der Waals surface area contributed by atoms with Crippen molar-refractivity contribution in [3.63, 3.8) is 0 Å². The summed E-state index contributed by atoms with van der Waals surface area (Å²) in [5, 5.41) is 18.4. The standard InChI is InChI=1S/C23H20F2N4O2/c24-15-6-4-14(5-7-15)10-17-12-26-27-29(17)16-8-9-21-19(11-22(30)31)18-2-1-3-20(25)23(18)28(21)13-16/h1-7,12,16H,8-11,13H2,(H,30,31)/t16-/m1/s1. The minimum atomic E-state index is -0.931. The maximum Gasteiger partial charge on any atom is 0.307 e. The highest BCUT2D eigenvalue weighted by Gasteiger charge is 2.29. The van der Waals surface area contributed by atoms with Crippen LogP contribution in [0.3, 0.4) is 0 Å². The first-order valence-corrected chi connectivity index (χ1v) is 10.1. The average Bonchev–Trinajstić information content (AvgIpc) is 3.33. The highest BCUT2D eigenvalue weighted by Crippen LogP contribution is 2.36. The van der Waals surface area contributed by atoms with E-state index in [4.69, 9.17) is 0 Å². The van der Waals surface area contributed by atoms with Gasteiger partial charge >= 0.3 is 5.97 Å². The molecule has 0 unspecified atom stereocenters. The summed E-state index contributed by atoms with van der Waals surface area (Å²) in [5.74, 6) is -1.57. The Bertz CT molecular complexity index is 1280. The van der Waals surface area contributed by atoms with E-state index < -0.39 is 5.97 Å². The van der Waals surface area contributed by atoms with Gasteiger partial charge in [0.1, 0.15) is 11.6 Å². The van der Waals surface area contributed by atoms with Crippen LogP contribution in [0, 0.1) is 11.6 Å². The number of carboxylic acids is 1. The van der Waals surface area contributed by atoms with Crippen molar-refractivity contribution in [2.75, 3.05) is 0 Å². The van der Waals surface area contributed by atoms with Crippen LogP contribution in [0.15, 0.2) is 48.7 Å². The number of para-hydroxylation sites is 1. The van der Waals surface area contributed by atoms with Crippen LogP contribution in [0.2, 0.25) is 0 Å². The number of aromatic nitrogens is 4. The minimum absolute atomic E-state index is 0.0432. The van der Waals surface area contributed by atoms with E-state index in [1.807, 2.05) is 9.25 Å². The zero-order chi connectivity index (χ0) is 21.5. The van der Waals surface area contributed by atoms with Crippen molar-refractivity contribution in [2.24, 2.45) is 0 Å². The van der Waals surface area contributed by atoms with Crippen molar-refractivity contribution in [2.45, 2.75) is 38.3 Å². The van der Waals surface area contributed by atoms with Gasteiger partial charge in [-0.05, 0) is 42.2 Å². The molecule has 1 atom stereocenters. The van der Waals surface area contributed by atoms with Gasteiger partial charge in [0, 0.05) is 24.0 Å². The highest BCUT2D eigenvalue weighted by atomic mass is 19.1. The van der Waals surface area contributed by atoms with E-state index in [1.165, 1.54) is 18.2 Å². The molecule has 0 saturated heterocycles. The van der Waals surface area contributed by atoms with E-state index >= 15 is 0 Å². The summed E-state index contributed by atoms with van der Waals surface area (Å²) < 4.78 is 31.7. The zero-order valence-electron chi connectivity index (χ0n) is 16.6. The molecule has 0 spiro atoms. The first-order valence-electron chi connectivity index (χ1n) is 10.1. The van der Waals surface area contributed by atoms with Crippen LogP contribution in [0.4, 0.5) is 8.78 Å². The molecule has 0 amide bonds. The topological polar surface area (TPSA) is 72.9 Å². The van der Waals surface area contributed by atoms with E-state index in [0.717, 1.165) is 23.4 Å². The lowest BCUT2D eigenvalue weighted by Crippen LogP contribution is -2.26. The molecule has 1 aliphatic heterocycles. The lowest BCUT2D eigenvalue weighted by Gasteiger charge is -2.27. The third-order valence-electron chi connectivity index (χ3n) is 5.99. The normalized spacial score (nSPS) is 15.9. The summed E-state index contributed by atoms with van der Waals surface area (Å²) in [4.78, 5) is 11.4. The molecule has 0 bridgehead atoms. The Morgan fingerprint density at radius 2 is 1.97 bits per heavy atom. The second-order valence-corrected chi connectivity index (χ2v) is 7.91. The molecule has 5 rings (SSSR count). The summed E-state index contributed by atoms with van der Waals surface area (Å²) in [6, 6.07) is 11.1. The van der Waals surface area contributed by atoms with Crippen LogP contribution in [0.25, 0.3) is 10.9 Å². The van der Waals surface area contributed by atoms with Gasteiger partial charge in [-0.15, -0.1) is 5.10 Å². The Hall–Kier alpha value is -3.55. The summed E-state index contributed by atoms with van der Waals surface area (Å²) in [6.45, 7) is 0.478. The quantitative estimate of drug-likeness (QED) is 0.529. The molecular weight excluding hydrogens is 402 g/mol. The van der Waals surface area contributed by atoms with Crippen molar-refractivity contribution in [1.82, 2.24) is 19.6 Å². The summed E-state index contributed by atoms with van der Waals surface area (Å²) in [5.41, 5.74) is 3.84. The second kappa shape index (κ2) is 7.61. The molecular formula is C23H20F2N4O2.